The van der Waals surface area contributed by atoms with E-state index in [1.54, 1.807) is 23.0 Å². The number of nitro groups is 1. The summed E-state index contributed by atoms with van der Waals surface area (Å²) in [6.45, 7) is 4.22. The van der Waals surface area contributed by atoms with E-state index in [1.807, 2.05) is 36.1 Å². The van der Waals surface area contributed by atoms with Crippen LogP contribution in [0.1, 0.15) is 17.0 Å². The van der Waals surface area contributed by atoms with E-state index in [0.29, 0.717) is 48.5 Å². The van der Waals surface area contributed by atoms with Gasteiger partial charge in [0.15, 0.2) is 5.82 Å². The highest BCUT2D eigenvalue weighted by Gasteiger charge is 2.21. The average Bonchev–Trinajstić information content (AvgIpc) is 3.16. The molecule has 0 bridgehead atoms. The molecule has 0 saturated carbocycles. The molecule has 0 unspecified atom stereocenters. The van der Waals surface area contributed by atoms with Crippen molar-refractivity contribution >= 4 is 29.4 Å². The fraction of sp³-hybridized carbons (Fsp3) is 0.286. The molecule has 0 amide bonds. The number of aromatic nitrogens is 3. The van der Waals surface area contributed by atoms with E-state index in [4.69, 9.17) is 4.74 Å². The standard InChI is InChI=1S/C21H22N6O3S/c1-16-23-24-21(31-15-17-5-3-2-4-6-17)26(16)22-14-18-7-8-19(20(13-18)27(28)29)25-9-11-30-12-10-25/h2-8,13-14H,9-12,15H2,1H3/b22-14-. The number of hydrogen-bond donors (Lipinski definition) is 0. The number of rotatable bonds is 7. The second kappa shape index (κ2) is 9.71. The molecule has 2 aromatic carbocycles. The number of anilines is 1. The largest absolute Gasteiger partial charge is 0.378 e. The van der Waals surface area contributed by atoms with Crippen LogP contribution in [0.25, 0.3) is 0 Å². The summed E-state index contributed by atoms with van der Waals surface area (Å²) in [5, 5.41) is 25.1. The third-order valence-electron chi connectivity index (χ3n) is 4.85. The Hall–Kier alpha value is -3.24. The van der Waals surface area contributed by atoms with Gasteiger partial charge in [-0.1, -0.05) is 48.2 Å². The maximum absolute atomic E-state index is 11.7. The number of aryl methyl sites for hydroxylation is 1. The molecule has 0 radical (unpaired) electrons. The Morgan fingerprint density at radius 2 is 1.97 bits per heavy atom. The van der Waals surface area contributed by atoms with Crippen LogP contribution in [0.3, 0.4) is 0 Å². The van der Waals surface area contributed by atoms with Gasteiger partial charge in [-0.25, -0.2) is 0 Å². The lowest BCUT2D eigenvalue weighted by atomic mass is 10.1. The molecule has 160 valence electrons. The van der Waals surface area contributed by atoms with E-state index in [0.717, 1.165) is 5.75 Å². The quantitative estimate of drug-likeness (QED) is 0.241. The van der Waals surface area contributed by atoms with E-state index < -0.39 is 0 Å². The summed E-state index contributed by atoms with van der Waals surface area (Å²) in [5.41, 5.74) is 2.48. The van der Waals surface area contributed by atoms with Crippen molar-refractivity contribution in [1.82, 2.24) is 14.9 Å². The zero-order valence-corrected chi connectivity index (χ0v) is 17.9. The molecule has 3 aromatic rings. The summed E-state index contributed by atoms with van der Waals surface area (Å²) in [6, 6.07) is 15.2. The smallest absolute Gasteiger partial charge is 0.293 e. The third kappa shape index (κ3) is 5.09. The molecular formula is C21H22N6O3S. The van der Waals surface area contributed by atoms with Crippen molar-refractivity contribution in [2.24, 2.45) is 5.10 Å². The zero-order chi connectivity index (χ0) is 21.6. The molecular weight excluding hydrogens is 416 g/mol. The van der Waals surface area contributed by atoms with E-state index in [2.05, 4.69) is 27.4 Å². The SMILES string of the molecule is Cc1nnc(SCc2ccccc2)n1/N=C\c1ccc(N2CCOCC2)c([N+](=O)[O-])c1. The highest BCUT2D eigenvalue weighted by atomic mass is 32.2. The lowest BCUT2D eigenvalue weighted by molar-refractivity contribution is -0.384. The molecule has 10 heteroatoms. The monoisotopic (exact) mass is 438 g/mol. The Bertz CT molecular complexity index is 1080. The van der Waals surface area contributed by atoms with Crippen molar-refractivity contribution in [2.75, 3.05) is 31.2 Å². The number of nitrogens with zero attached hydrogens (tertiary/aromatic N) is 6. The predicted molar refractivity (Wildman–Crippen MR) is 120 cm³/mol. The van der Waals surface area contributed by atoms with Crippen molar-refractivity contribution in [3.63, 3.8) is 0 Å². The highest BCUT2D eigenvalue weighted by Crippen LogP contribution is 2.29. The van der Waals surface area contributed by atoms with Crippen LogP contribution in [-0.4, -0.2) is 52.3 Å². The number of ether oxygens (including phenoxy) is 1. The summed E-state index contributed by atoms with van der Waals surface area (Å²) < 4.78 is 6.99. The second-order valence-electron chi connectivity index (χ2n) is 6.97. The molecule has 2 heterocycles. The molecule has 1 aromatic heterocycles. The average molecular weight is 439 g/mol. The minimum Gasteiger partial charge on any atom is -0.378 e. The number of nitro benzene ring substituents is 1. The van der Waals surface area contributed by atoms with Gasteiger partial charge in [-0.3, -0.25) is 10.1 Å². The first-order chi connectivity index (χ1) is 15.1. The molecule has 4 rings (SSSR count). The molecule has 1 aliphatic rings. The molecule has 31 heavy (non-hydrogen) atoms. The van der Waals surface area contributed by atoms with Crippen LogP contribution in [-0.2, 0) is 10.5 Å². The van der Waals surface area contributed by atoms with Crippen molar-refractivity contribution in [2.45, 2.75) is 17.8 Å². The van der Waals surface area contributed by atoms with Crippen LogP contribution in [0, 0.1) is 17.0 Å². The molecule has 1 aliphatic heterocycles. The Balaban J connectivity index is 1.54. The molecule has 0 N–H and O–H groups in total. The Labute approximate surface area is 183 Å². The van der Waals surface area contributed by atoms with Crippen LogP contribution in [0.2, 0.25) is 0 Å². The molecule has 1 fully saturated rings. The minimum absolute atomic E-state index is 0.0602. The van der Waals surface area contributed by atoms with Gasteiger partial charge in [0.2, 0.25) is 5.16 Å². The number of thioether (sulfide) groups is 1. The van der Waals surface area contributed by atoms with Gasteiger partial charge >= 0.3 is 0 Å². The first-order valence-corrected chi connectivity index (χ1v) is 10.8. The predicted octanol–water partition coefficient (Wildman–Crippen LogP) is 3.51. The lowest BCUT2D eigenvalue weighted by Gasteiger charge is -2.28. The highest BCUT2D eigenvalue weighted by molar-refractivity contribution is 7.98. The van der Waals surface area contributed by atoms with Gasteiger partial charge in [-0.2, -0.15) is 9.78 Å². The van der Waals surface area contributed by atoms with Crippen LogP contribution < -0.4 is 4.90 Å². The van der Waals surface area contributed by atoms with Gasteiger partial charge in [0, 0.05) is 30.5 Å². The first kappa shape index (κ1) is 21.0. The van der Waals surface area contributed by atoms with E-state index >= 15 is 0 Å². The molecule has 0 aliphatic carbocycles. The van der Waals surface area contributed by atoms with Gasteiger partial charge in [0.25, 0.3) is 5.69 Å². The van der Waals surface area contributed by atoms with E-state index in [-0.39, 0.29) is 10.6 Å². The summed E-state index contributed by atoms with van der Waals surface area (Å²) in [6.07, 6.45) is 1.60. The van der Waals surface area contributed by atoms with Crippen molar-refractivity contribution in [1.29, 1.82) is 0 Å². The summed E-state index contributed by atoms with van der Waals surface area (Å²) >= 11 is 1.53. The van der Waals surface area contributed by atoms with Crippen molar-refractivity contribution < 1.29 is 9.66 Å². The van der Waals surface area contributed by atoms with Crippen molar-refractivity contribution in [3.05, 3.63) is 75.6 Å². The number of benzene rings is 2. The maximum atomic E-state index is 11.7. The van der Waals surface area contributed by atoms with Crippen LogP contribution in [0.15, 0.2) is 58.8 Å². The second-order valence-corrected chi connectivity index (χ2v) is 7.91. The van der Waals surface area contributed by atoms with E-state index in [1.165, 1.54) is 17.3 Å². The molecule has 1 saturated heterocycles. The Kier molecular flexibility index (Phi) is 6.58. The lowest BCUT2D eigenvalue weighted by Crippen LogP contribution is -2.36. The van der Waals surface area contributed by atoms with Crippen molar-refractivity contribution in [3.8, 4) is 0 Å². The summed E-state index contributed by atoms with van der Waals surface area (Å²) in [7, 11) is 0. The van der Waals surface area contributed by atoms with Gasteiger partial charge in [-0.15, -0.1) is 10.2 Å². The van der Waals surface area contributed by atoms with Gasteiger partial charge in [0.05, 0.1) is 24.4 Å². The normalized spacial score (nSPS) is 14.3. The van der Waals surface area contributed by atoms with Crippen LogP contribution >= 0.6 is 11.8 Å². The number of morpholine rings is 1. The molecule has 9 nitrogen and oxygen atoms in total. The number of hydrogen-bond acceptors (Lipinski definition) is 8. The minimum atomic E-state index is -0.354. The third-order valence-corrected chi connectivity index (χ3v) is 5.84. The van der Waals surface area contributed by atoms with Gasteiger partial charge in [-0.05, 0) is 18.6 Å². The first-order valence-electron chi connectivity index (χ1n) is 9.86. The van der Waals surface area contributed by atoms with Crippen LogP contribution in [0.5, 0.6) is 0 Å². The molecule has 0 atom stereocenters. The summed E-state index contributed by atoms with van der Waals surface area (Å²) in [4.78, 5) is 13.3. The summed E-state index contributed by atoms with van der Waals surface area (Å²) in [5.74, 6) is 1.39. The van der Waals surface area contributed by atoms with Gasteiger partial charge < -0.3 is 9.64 Å². The van der Waals surface area contributed by atoms with Crippen LogP contribution in [0.4, 0.5) is 11.4 Å². The fourth-order valence-corrected chi connectivity index (χ4v) is 4.13. The maximum Gasteiger partial charge on any atom is 0.293 e. The fourth-order valence-electron chi connectivity index (χ4n) is 3.25. The molecule has 0 spiro atoms. The zero-order valence-electron chi connectivity index (χ0n) is 17.0. The Morgan fingerprint density at radius 1 is 1.19 bits per heavy atom. The Morgan fingerprint density at radius 3 is 2.71 bits per heavy atom. The van der Waals surface area contributed by atoms with E-state index in [9.17, 15) is 10.1 Å². The topological polar surface area (TPSA) is 98.7 Å². The van der Waals surface area contributed by atoms with Gasteiger partial charge in [0.1, 0.15) is 5.69 Å².